The molecule has 0 amide bonds. The average Bonchev–Trinajstić information content (AvgIpc) is 3.27. The number of aliphatic hydroxyl groups is 1. The molecule has 2 N–H and O–H groups in total. The van der Waals surface area contributed by atoms with Crippen LogP contribution in [0.2, 0.25) is 0 Å². The predicted molar refractivity (Wildman–Crippen MR) is 88.3 cm³/mol. The minimum absolute atomic E-state index is 0.211. The van der Waals surface area contributed by atoms with Gasteiger partial charge in [0.15, 0.2) is 0 Å². The van der Waals surface area contributed by atoms with Gasteiger partial charge in [0, 0.05) is 28.8 Å². The second-order valence-electron chi connectivity index (χ2n) is 5.53. The Balaban J connectivity index is 2.25. The molecule has 1 atom stereocenters. The van der Waals surface area contributed by atoms with Gasteiger partial charge in [-0.1, -0.05) is 22.9 Å². The smallest absolute Gasteiger partial charge is 0.0606 e. The summed E-state index contributed by atoms with van der Waals surface area (Å²) in [6.07, 6.45) is 3.62. The summed E-state index contributed by atoms with van der Waals surface area (Å²) < 4.78 is 1.11. The Morgan fingerprint density at radius 2 is 2.20 bits per heavy atom. The molecule has 1 aromatic rings. The average molecular weight is 341 g/mol. The number of anilines is 1. The lowest BCUT2D eigenvalue weighted by atomic mass is 10.0. The maximum Gasteiger partial charge on any atom is 0.0606 e. The molecule has 1 aliphatic carbocycles. The molecule has 2 rings (SSSR count). The van der Waals surface area contributed by atoms with Crippen LogP contribution in [-0.2, 0) is 0 Å². The van der Waals surface area contributed by atoms with Crippen molar-refractivity contribution in [1.29, 1.82) is 0 Å². The molecule has 4 heteroatoms. The largest absolute Gasteiger partial charge is 0.395 e. The lowest BCUT2D eigenvalue weighted by molar-refractivity contribution is 0.301. The number of aliphatic hydroxyl groups excluding tert-OH is 1. The monoisotopic (exact) mass is 340 g/mol. The first-order valence-corrected chi connectivity index (χ1v) is 8.37. The molecule has 3 nitrogen and oxygen atoms in total. The van der Waals surface area contributed by atoms with Crippen molar-refractivity contribution in [2.45, 2.75) is 45.2 Å². The Hall–Kier alpha value is -0.580. The number of halogens is 1. The van der Waals surface area contributed by atoms with Crippen LogP contribution in [0.1, 0.15) is 44.7 Å². The van der Waals surface area contributed by atoms with E-state index in [0.29, 0.717) is 12.1 Å². The molecule has 0 radical (unpaired) electrons. The van der Waals surface area contributed by atoms with Crippen LogP contribution in [0.25, 0.3) is 0 Å². The molecule has 0 aliphatic heterocycles. The molecule has 1 fully saturated rings. The molecule has 20 heavy (non-hydrogen) atoms. The van der Waals surface area contributed by atoms with E-state index in [1.807, 2.05) is 0 Å². The molecule has 0 bridgehead atoms. The molecule has 0 aromatic heterocycles. The summed E-state index contributed by atoms with van der Waals surface area (Å²) in [7, 11) is 0. The molecule has 112 valence electrons. The van der Waals surface area contributed by atoms with Gasteiger partial charge in [0.25, 0.3) is 0 Å². The summed E-state index contributed by atoms with van der Waals surface area (Å²) in [6, 6.07) is 7.41. The summed E-state index contributed by atoms with van der Waals surface area (Å²) in [6.45, 7) is 6.36. The zero-order valence-corrected chi connectivity index (χ0v) is 14.0. The first kappa shape index (κ1) is 15.8. The Morgan fingerprint density at radius 1 is 1.45 bits per heavy atom. The third-order valence-corrected chi connectivity index (χ3v) is 4.29. The highest BCUT2D eigenvalue weighted by molar-refractivity contribution is 9.10. The van der Waals surface area contributed by atoms with E-state index in [2.05, 4.69) is 58.2 Å². The number of hydrogen-bond acceptors (Lipinski definition) is 3. The van der Waals surface area contributed by atoms with Crippen LogP contribution in [-0.4, -0.2) is 30.8 Å². The van der Waals surface area contributed by atoms with Gasteiger partial charge < -0.3 is 15.3 Å². The molecular formula is C16H25BrN2O. The topological polar surface area (TPSA) is 35.5 Å². The number of nitrogens with zero attached hydrogens (tertiary/aromatic N) is 1. The number of nitrogens with one attached hydrogen (secondary N) is 1. The number of hydrogen-bond donors (Lipinski definition) is 2. The van der Waals surface area contributed by atoms with Gasteiger partial charge in [-0.25, -0.2) is 0 Å². The minimum Gasteiger partial charge on any atom is -0.395 e. The van der Waals surface area contributed by atoms with Crippen molar-refractivity contribution in [3.63, 3.8) is 0 Å². The Kier molecular flexibility index (Phi) is 5.87. The van der Waals surface area contributed by atoms with Crippen LogP contribution < -0.4 is 10.2 Å². The molecule has 1 saturated carbocycles. The first-order valence-electron chi connectivity index (χ1n) is 7.57. The van der Waals surface area contributed by atoms with E-state index in [0.717, 1.165) is 24.0 Å². The third-order valence-electron chi connectivity index (χ3n) is 3.79. The summed E-state index contributed by atoms with van der Waals surface area (Å²) in [5.41, 5.74) is 2.58. The maximum absolute atomic E-state index is 9.33. The van der Waals surface area contributed by atoms with Gasteiger partial charge in [0.05, 0.1) is 6.61 Å². The van der Waals surface area contributed by atoms with Gasteiger partial charge in [-0.05, 0) is 56.5 Å². The SMILES string of the molecule is CCCNC(C)c1cc(Br)ccc1N(CCO)C1CC1. The van der Waals surface area contributed by atoms with Crippen molar-refractivity contribution in [3.8, 4) is 0 Å². The van der Waals surface area contributed by atoms with Gasteiger partial charge >= 0.3 is 0 Å². The Morgan fingerprint density at radius 3 is 2.80 bits per heavy atom. The number of benzene rings is 1. The molecule has 0 spiro atoms. The van der Waals surface area contributed by atoms with E-state index >= 15 is 0 Å². The van der Waals surface area contributed by atoms with Crippen molar-refractivity contribution >= 4 is 21.6 Å². The first-order chi connectivity index (χ1) is 9.67. The van der Waals surface area contributed by atoms with Crippen LogP contribution >= 0.6 is 15.9 Å². The van der Waals surface area contributed by atoms with Crippen LogP contribution in [0.3, 0.4) is 0 Å². The minimum atomic E-state index is 0.211. The molecule has 1 aliphatic rings. The normalized spacial score (nSPS) is 16.2. The third kappa shape index (κ3) is 3.96. The van der Waals surface area contributed by atoms with Gasteiger partial charge in [0.1, 0.15) is 0 Å². The molecule has 1 unspecified atom stereocenters. The van der Waals surface area contributed by atoms with E-state index in [1.54, 1.807) is 0 Å². The van der Waals surface area contributed by atoms with Crippen molar-refractivity contribution < 1.29 is 5.11 Å². The second kappa shape index (κ2) is 7.43. The highest BCUT2D eigenvalue weighted by Crippen LogP contribution is 2.36. The van der Waals surface area contributed by atoms with Crippen molar-refractivity contribution in [2.24, 2.45) is 0 Å². The van der Waals surface area contributed by atoms with E-state index in [4.69, 9.17) is 0 Å². The van der Waals surface area contributed by atoms with Crippen LogP contribution in [0.15, 0.2) is 22.7 Å². The lowest BCUT2D eigenvalue weighted by Crippen LogP contribution is -2.31. The van der Waals surface area contributed by atoms with Crippen molar-refractivity contribution in [3.05, 3.63) is 28.2 Å². The quantitative estimate of drug-likeness (QED) is 0.760. The Labute approximate surface area is 130 Å². The van der Waals surface area contributed by atoms with E-state index < -0.39 is 0 Å². The van der Waals surface area contributed by atoms with E-state index in [-0.39, 0.29) is 6.61 Å². The number of rotatable bonds is 8. The summed E-state index contributed by atoms with van der Waals surface area (Å²) in [5.74, 6) is 0. The van der Waals surface area contributed by atoms with Gasteiger partial charge in [-0.15, -0.1) is 0 Å². The maximum atomic E-state index is 9.33. The van der Waals surface area contributed by atoms with Gasteiger partial charge in [-0.2, -0.15) is 0 Å². The fourth-order valence-corrected chi connectivity index (χ4v) is 2.98. The molecule has 1 aromatic carbocycles. The molecular weight excluding hydrogens is 316 g/mol. The standard InChI is InChI=1S/C16H25BrN2O/c1-3-8-18-12(2)15-11-13(17)4-7-16(15)19(9-10-20)14-5-6-14/h4,7,11-12,14,18,20H,3,5-6,8-10H2,1-2H3. The van der Waals surface area contributed by atoms with Crippen LogP contribution in [0.4, 0.5) is 5.69 Å². The van der Waals surface area contributed by atoms with Crippen LogP contribution in [0.5, 0.6) is 0 Å². The highest BCUT2D eigenvalue weighted by atomic mass is 79.9. The van der Waals surface area contributed by atoms with E-state index in [9.17, 15) is 5.11 Å². The van der Waals surface area contributed by atoms with Gasteiger partial charge in [-0.3, -0.25) is 0 Å². The highest BCUT2D eigenvalue weighted by Gasteiger charge is 2.30. The zero-order valence-electron chi connectivity index (χ0n) is 12.4. The van der Waals surface area contributed by atoms with E-state index in [1.165, 1.54) is 24.1 Å². The van der Waals surface area contributed by atoms with Crippen molar-refractivity contribution in [1.82, 2.24) is 5.32 Å². The summed E-state index contributed by atoms with van der Waals surface area (Å²) in [5, 5.41) is 12.9. The Bertz CT molecular complexity index is 434. The lowest BCUT2D eigenvalue weighted by Gasteiger charge is -2.29. The fraction of sp³-hybridized carbons (Fsp3) is 0.625. The van der Waals surface area contributed by atoms with Gasteiger partial charge in [0.2, 0.25) is 0 Å². The van der Waals surface area contributed by atoms with Crippen LogP contribution in [0, 0.1) is 0 Å². The summed E-state index contributed by atoms with van der Waals surface area (Å²) >= 11 is 3.58. The second-order valence-corrected chi connectivity index (χ2v) is 6.44. The predicted octanol–water partition coefficient (Wildman–Crippen LogP) is 3.47. The van der Waals surface area contributed by atoms with Crippen molar-refractivity contribution in [2.75, 3.05) is 24.6 Å². The fourth-order valence-electron chi connectivity index (χ4n) is 2.60. The zero-order chi connectivity index (χ0) is 14.5. The molecule has 0 heterocycles. The summed E-state index contributed by atoms with van der Waals surface area (Å²) in [4.78, 5) is 2.37. The molecule has 0 saturated heterocycles.